The topological polar surface area (TPSA) is 26.3 Å². The number of carbonyl (C=O) groups is 1. The summed E-state index contributed by atoms with van der Waals surface area (Å²) in [5.74, 6) is -0.199. The van der Waals surface area contributed by atoms with E-state index in [-0.39, 0.29) is 5.97 Å². The van der Waals surface area contributed by atoms with Crippen LogP contribution in [0.15, 0.2) is 54.6 Å². The number of ether oxygens (including phenoxy) is 1. The summed E-state index contributed by atoms with van der Waals surface area (Å²) in [5, 5.41) is 0.792. The predicted molar refractivity (Wildman–Crippen MR) is 79.0 cm³/mol. The smallest absolute Gasteiger partial charge is 0.310 e. The fraction of sp³-hybridized carbons (Fsp3) is 0.188. The number of carbonyl (C=O) groups excluding carboxylic acids is 1. The van der Waals surface area contributed by atoms with Crippen LogP contribution in [0.5, 0.6) is 0 Å². The quantitative estimate of drug-likeness (QED) is 0.618. The number of hydrogen-bond acceptors (Lipinski definition) is 2. The van der Waals surface area contributed by atoms with Gasteiger partial charge < -0.3 is 4.74 Å². The first kappa shape index (κ1) is 13.8. The van der Waals surface area contributed by atoms with Gasteiger partial charge in [0, 0.05) is 5.33 Å². The summed E-state index contributed by atoms with van der Waals surface area (Å²) in [4.78, 5) is 11.8. The highest BCUT2D eigenvalue weighted by Crippen LogP contribution is 2.10. The largest absolute Gasteiger partial charge is 0.461 e. The zero-order chi connectivity index (χ0) is 13.5. The van der Waals surface area contributed by atoms with Crippen molar-refractivity contribution in [2.45, 2.75) is 18.4 Å². The number of rotatable bonds is 5. The molecule has 0 saturated carbocycles. The Hall–Kier alpha value is -1.61. The molecule has 0 bridgehead atoms. The van der Waals surface area contributed by atoms with Crippen molar-refractivity contribution in [3.63, 3.8) is 0 Å². The van der Waals surface area contributed by atoms with Crippen molar-refractivity contribution in [1.29, 1.82) is 0 Å². The first-order valence-electron chi connectivity index (χ1n) is 6.11. The van der Waals surface area contributed by atoms with Gasteiger partial charge in [-0.15, -0.1) is 0 Å². The summed E-state index contributed by atoms with van der Waals surface area (Å²) < 4.78 is 5.25. The molecule has 0 aliphatic carbocycles. The van der Waals surface area contributed by atoms with Gasteiger partial charge in [0.2, 0.25) is 0 Å². The maximum Gasteiger partial charge on any atom is 0.310 e. The molecule has 0 atom stereocenters. The Labute approximate surface area is 121 Å². The molecule has 0 saturated heterocycles. The van der Waals surface area contributed by atoms with Gasteiger partial charge in [-0.05, 0) is 16.7 Å². The van der Waals surface area contributed by atoms with Gasteiger partial charge in [-0.3, -0.25) is 4.79 Å². The monoisotopic (exact) mass is 318 g/mol. The number of halogens is 1. The standard InChI is InChI=1S/C16H15BrO2/c17-11-15-8-4-7-14(9-15)10-16(18)19-12-13-5-2-1-3-6-13/h1-9H,10-12H2. The molecule has 0 N–H and O–H groups in total. The van der Waals surface area contributed by atoms with E-state index in [1.807, 2.05) is 54.6 Å². The van der Waals surface area contributed by atoms with E-state index >= 15 is 0 Å². The number of alkyl halides is 1. The molecular weight excluding hydrogens is 304 g/mol. The van der Waals surface area contributed by atoms with Gasteiger partial charge in [-0.2, -0.15) is 0 Å². The summed E-state index contributed by atoms with van der Waals surface area (Å²) in [6.07, 6.45) is 0.313. The second kappa shape index (κ2) is 7.10. The summed E-state index contributed by atoms with van der Waals surface area (Å²) in [7, 11) is 0. The molecule has 0 spiro atoms. The van der Waals surface area contributed by atoms with Gasteiger partial charge >= 0.3 is 5.97 Å². The van der Waals surface area contributed by atoms with Gasteiger partial charge in [-0.25, -0.2) is 0 Å². The molecule has 2 rings (SSSR count). The van der Waals surface area contributed by atoms with Gasteiger partial charge in [0.1, 0.15) is 6.61 Å². The minimum atomic E-state index is -0.199. The first-order valence-corrected chi connectivity index (χ1v) is 7.23. The van der Waals surface area contributed by atoms with Gasteiger partial charge in [-0.1, -0.05) is 70.5 Å². The van der Waals surface area contributed by atoms with Crippen LogP contribution >= 0.6 is 15.9 Å². The Balaban J connectivity index is 1.87. The van der Waals surface area contributed by atoms with E-state index < -0.39 is 0 Å². The molecule has 0 aliphatic heterocycles. The van der Waals surface area contributed by atoms with Crippen LogP contribution < -0.4 is 0 Å². The minimum Gasteiger partial charge on any atom is -0.461 e. The summed E-state index contributed by atoms with van der Waals surface area (Å²) >= 11 is 3.40. The first-order chi connectivity index (χ1) is 9.28. The normalized spacial score (nSPS) is 10.2. The van der Waals surface area contributed by atoms with Crippen LogP contribution in [0.2, 0.25) is 0 Å². The maximum absolute atomic E-state index is 11.8. The number of hydrogen-bond donors (Lipinski definition) is 0. The van der Waals surface area contributed by atoms with Crippen LogP contribution in [0, 0.1) is 0 Å². The SMILES string of the molecule is O=C(Cc1cccc(CBr)c1)OCc1ccccc1. The molecule has 0 radical (unpaired) electrons. The fourth-order valence-corrected chi connectivity index (χ4v) is 2.13. The Bertz CT molecular complexity index is 537. The van der Waals surface area contributed by atoms with E-state index in [2.05, 4.69) is 15.9 Å². The summed E-state index contributed by atoms with van der Waals surface area (Å²) in [6.45, 7) is 0.331. The summed E-state index contributed by atoms with van der Waals surface area (Å²) in [6, 6.07) is 17.6. The zero-order valence-electron chi connectivity index (χ0n) is 10.5. The molecule has 0 aromatic heterocycles. The third kappa shape index (κ3) is 4.52. The van der Waals surface area contributed by atoms with E-state index in [1.165, 1.54) is 0 Å². The van der Waals surface area contributed by atoms with Crippen LogP contribution in [0.25, 0.3) is 0 Å². The van der Waals surface area contributed by atoms with Crippen molar-refractivity contribution in [3.05, 3.63) is 71.3 Å². The second-order valence-corrected chi connectivity index (χ2v) is 4.84. The second-order valence-electron chi connectivity index (χ2n) is 4.28. The van der Waals surface area contributed by atoms with E-state index in [4.69, 9.17) is 4.74 Å². The van der Waals surface area contributed by atoms with Crippen molar-refractivity contribution in [1.82, 2.24) is 0 Å². The molecule has 0 amide bonds. The third-order valence-electron chi connectivity index (χ3n) is 2.74. The molecule has 0 heterocycles. The Kier molecular flexibility index (Phi) is 5.16. The molecule has 0 unspecified atom stereocenters. The summed E-state index contributed by atoms with van der Waals surface area (Å²) in [5.41, 5.74) is 3.15. The average Bonchev–Trinajstić information content (AvgIpc) is 2.46. The molecule has 2 aromatic carbocycles. The van der Waals surface area contributed by atoms with Crippen LogP contribution in [-0.2, 0) is 27.9 Å². The van der Waals surface area contributed by atoms with E-state index in [0.717, 1.165) is 22.0 Å². The van der Waals surface area contributed by atoms with Crippen molar-refractivity contribution in [2.24, 2.45) is 0 Å². The van der Waals surface area contributed by atoms with Crippen molar-refractivity contribution in [2.75, 3.05) is 0 Å². The van der Waals surface area contributed by atoms with Crippen LogP contribution in [0.4, 0.5) is 0 Å². The van der Waals surface area contributed by atoms with Gasteiger partial charge in [0.25, 0.3) is 0 Å². The lowest BCUT2D eigenvalue weighted by atomic mass is 10.1. The van der Waals surface area contributed by atoms with Crippen molar-refractivity contribution in [3.8, 4) is 0 Å². The molecule has 2 nitrogen and oxygen atoms in total. The van der Waals surface area contributed by atoms with Gasteiger partial charge in [0.05, 0.1) is 6.42 Å². The molecule has 19 heavy (non-hydrogen) atoms. The Morgan fingerprint density at radius 1 is 0.947 bits per heavy atom. The fourth-order valence-electron chi connectivity index (χ4n) is 1.78. The van der Waals surface area contributed by atoms with Crippen molar-refractivity contribution >= 4 is 21.9 Å². The molecule has 0 aliphatic rings. The third-order valence-corrected chi connectivity index (χ3v) is 3.38. The van der Waals surface area contributed by atoms with Crippen molar-refractivity contribution < 1.29 is 9.53 Å². The average molecular weight is 319 g/mol. The lowest BCUT2D eigenvalue weighted by Crippen LogP contribution is -2.08. The highest BCUT2D eigenvalue weighted by atomic mass is 79.9. The molecule has 2 aromatic rings. The van der Waals surface area contributed by atoms with E-state index in [9.17, 15) is 4.79 Å². The number of benzene rings is 2. The van der Waals surface area contributed by atoms with E-state index in [1.54, 1.807) is 0 Å². The Morgan fingerprint density at radius 2 is 1.63 bits per heavy atom. The van der Waals surface area contributed by atoms with Crippen LogP contribution in [0.3, 0.4) is 0 Å². The Morgan fingerprint density at radius 3 is 2.37 bits per heavy atom. The minimum absolute atomic E-state index is 0.199. The van der Waals surface area contributed by atoms with Gasteiger partial charge in [0.15, 0.2) is 0 Å². The van der Waals surface area contributed by atoms with Crippen LogP contribution in [0.1, 0.15) is 16.7 Å². The van der Waals surface area contributed by atoms with Crippen LogP contribution in [-0.4, -0.2) is 5.97 Å². The molecule has 98 valence electrons. The maximum atomic E-state index is 11.8. The van der Waals surface area contributed by atoms with E-state index in [0.29, 0.717) is 13.0 Å². The molecule has 0 fully saturated rings. The lowest BCUT2D eigenvalue weighted by molar-refractivity contribution is -0.144. The zero-order valence-corrected chi connectivity index (χ0v) is 12.1. The highest BCUT2D eigenvalue weighted by molar-refractivity contribution is 9.08. The highest BCUT2D eigenvalue weighted by Gasteiger charge is 2.05. The molecule has 3 heteroatoms. The predicted octanol–water partition coefficient (Wildman–Crippen LogP) is 3.87. The molecular formula is C16H15BrO2. The lowest BCUT2D eigenvalue weighted by Gasteiger charge is -2.06. The number of esters is 1.